The highest BCUT2D eigenvalue weighted by Gasteiger charge is 2.21. The van der Waals surface area contributed by atoms with Gasteiger partial charge in [-0.15, -0.1) is 10.2 Å². The van der Waals surface area contributed by atoms with E-state index < -0.39 is 0 Å². The van der Waals surface area contributed by atoms with Crippen LogP contribution in [0.5, 0.6) is 5.88 Å². The van der Waals surface area contributed by atoms with Gasteiger partial charge in [0, 0.05) is 11.6 Å². The van der Waals surface area contributed by atoms with Crippen LogP contribution in [0.1, 0.15) is 83.1 Å². The Hall–Kier alpha value is -1.97. The molecule has 0 radical (unpaired) electrons. The fourth-order valence-corrected chi connectivity index (χ4v) is 4.71. The zero-order valence-electron chi connectivity index (χ0n) is 18.7. The highest BCUT2D eigenvalue weighted by Crippen LogP contribution is 2.34. The van der Waals surface area contributed by atoms with E-state index in [0.29, 0.717) is 17.1 Å². The molecule has 1 heterocycles. The monoisotopic (exact) mass is 412 g/mol. The van der Waals surface area contributed by atoms with Crippen molar-refractivity contribution in [2.45, 2.75) is 84.0 Å². The topological polar surface area (TPSA) is 35.0 Å². The fourth-order valence-electron chi connectivity index (χ4n) is 4.71. The van der Waals surface area contributed by atoms with E-state index in [0.717, 1.165) is 23.8 Å². The van der Waals surface area contributed by atoms with Gasteiger partial charge < -0.3 is 4.74 Å². The molecule has 164 valence electrons. The number of halogens is 1. The molecule has 0 bridgehead atoms. The lowest BCUT2D eigenvalue weighted by Gasteiger charge is -2.28. The molecule has 1 fully saturated rings. The van der Waals surface area contributed by atoms with Crippen LogP contribution in [0.2, 0.25) is 0 Å². The zero-order valence-corrected chi connectivity index (χ0v) is 18.7. The molecule has 1 saturated carbocycles. The molecule has 1 aliphatic rings. The SMILES string of the molecule is CCCCCCCC1CCC(CCc2ccc(-c3ccc(OC)nn3)c(F)c2)CC1. The van der Waals surface area contributed by atoms with Crippen LogP contribution in [0.15, 0.2) is 30.3 Å². The second kappa shape index (κ2) is 12.0. The van der Waals surface area contributed by atoms with Crippen LogP contribution in [0.3, 0.4) is 0 Å². The summed E-state index contributed by atoms with van der Waals surface area (Å²) in [5.74, 6) is 1.96. The summed E-state index contributed by atoms with van der Waals surface area (Å²) in [6.07, 6.45) is 16.0. The molecule has 0 N–H and O–H groups in total. The number of nitrogens with zero attached hydrogens (tertiary/aromatic N) is 2. The number of aromatic nitrogens is 2. The Kier molecular flexibility index (Phi) is 9.10. The molecule has 30 heavy (non-hydrogen) atoms. The summed E-state index contributed by atoms with van der Waals surface area (Å²) < 4.78 is 19.6. The van der Waals surface area contributed by atoms with Crippen LogP contribution in [-0.4, -0.2) is 17.3 Å². The number of aryl methyl sites for hydroxylation is 1. The summed E-state index contributed by atoms with van der Waals surface area (Å²) in [7, 11) is 1.54. The molecule has 0 spiro atoms. The Labute approximate surface area is 181 Å². The molecule has 0 aliphatic heterocycles. The third kappa shape index (κ3) is 6.78. The van der Waals surface area contributed by atoms with Crippen molar-refractivity contribution in [1.82, 2.24) is 10.2 Å². The summed E-state index contributed by atoms with van der Waals surface area (Å²) in [6, 6.07) is 8.98. The van der Waals surface area contributed by atoms with Gasteiger partial charge in [0.15, 0.2) is 0 Å². The van der Waals surface area contributed by atoms with Gasteiger partial charge in [0.1, 0.15) is 5.82 Å². The van der Waals surface area contributed by atoms with Crippen molar-refractivity contribution in [3.8, 4) is 17.1 Å². The molecular formula is C26H37FN2O. The van der Waals surface area contributed by atoms with Crippen LogP contribution >= 0.6 is 0 Å². The quantitative estimate of drug-likeness (QED) is 0.361. The lowest BCUT2D eigenvalue weighted by atomic mass is 9.77. The van der Waals surface area contributed by atoms with E-state index in [9.17, 15) is 4.39 Å². The molecule has 1 aromatic carbocycles. The number of methoxy groups -OCH3 is 1. The van der Waals surface area contributed by atoms with E-state index in [1.165, 1.54) is 70.6 Å². The van der Waals surface area contributed by atoms with Crippen molar-refractivity contribution in [3.63, 3.8) is 0 Å². The lowest BCUT2D eigenvalue weighted by Crippen LogP contribution is -2.15. The van der Waals surface area contributed by atoms with E-state index in [2.05, 4.69) is 17.1 Å². The molecule has 3 rings (SSSR count). The summed E-state index contributed by atoms with van der Waals surface area (Å²) in [4.78, 5) is 0. The number of rotatable bonds is 11. The largest absolute Gasteiger partial charge is 0.480 e. The van der Waals surface area contributed by atoms with Crippen molar-refractivity contribution in [2.75, 3.05) is 7.11 Å². The molecular weight excluding hydrogens is 375 g/mol. The second-order valence-corrected chi connectivity index (χ2v) is 8.90. The molecule has 2 aromatic rings. The highest BCUT2D eigenvalue weighted by molar-refractivity contribution is 5.60. The standard InChI is InChI=1S/C26H37FN2O/c1-3-4-5-6-7-8-20-9-11-21(12-10-20)13-14-22-15-16-23(24(27)19-22)25-17-18-26(30-2)29-28-25/h15-21H,3-14H2,1-2H3. The Balaban J connectivity index is 1.41. The van der Waals surface area contributed by atoms with E-state index in [4.69, 9.17) is 4.74 Å². The number of hydrogen-bond donors (Lipinski definition) is 0. The van der Waals surface area contributed by atoms with Crippen molar-refractivity contribution in [3.05, 3.63) is 41.7 Å². The molecule has 0 unspecified atom stereocenters. The predicted octanol–water partition coefficient (Wildman–Crippen LogP) is 7.39. The third-order valence-corrected chi connectivity index (χ3v) is 6.68. The maximum Gasteiger partial charge on any atom is 0.233 e. The minimum absolute atomic E-state index is 0.223. The van der Waals surface area contributed by atoms with Gasteiger partial charge in [-0.3, -0.25) is 0 Å². The van der Waals surface area contributed by atoms with Gasteiger partial charge in [-0.05, 0) is 48.4 Å². The summed E-state index contributed by atoms with van der Waals surface area (Å²) in [5, 5.41) is 7.99. The van der Waals surface area contributed by atoms with Crippen LogP contribution in [0, 0.1) is 17.7 Å². The molecule has 4 heteroatoms. The molecule has 0 saturated heterocycles. The number of unbranched alkanes of at least 4 members (excludes halogenated alkanes) is 4. The minimum atomic E-state index is -0.223. The minimum Gasteiger partial charge on any atom is -0.480 e. The Morgan fingerprint density at radius 2 is 1.63 bits per heavy atom. The van der Waals surface area contributed by atoms with E-state index in [-0.39, 0.29) is 5.82 Å². The number of hydrogen-bond acceptors (Lipinski definition) is 3. The van der Waals surface area contributed by atoms with Gasteiger partial charge >= 0.3 is 0 Å². The third-order valence-electron chi connectivity index (χ3n) is 6.68. The Morgan fingerprint density at radius 3 is 2.27 bits per heavy atom. The maximum atomic E-state index is 14.6. The highest BCUT2D eigenvalue weighted by atomic mass is 19.1. The van der Waals surface area contributed by atoms with Crippen molar-refractivity contribution in [1.29, 1.82) is 0 Å². The van der Waals surface area contributed by atoms with Crippen molar-refractivity contribution < 1.29 is 9.13 Å². The van der Waals surface area contributed by atoms with Gasteiger partial charge in [0.25, 0.3) is 0 Å². The smallest absolute Gasteiger partial charge is 0.233 e. The summed E-state index contributed by atoms with van der Waals surface area (Å²) in [5.41, 5.74) is 2.11. The van der Waals surface area contributed by atoms with Gasteiger partial charge in [-0.25, -0.2) is 4.39 Å². The lowest BCUT2D eigenvalue weighted by molar-refractivity contribution is 0.248. The first kappa shape index (κ1) is 22.7. The molecule has 1 aromatic heterocycles. The van der Waals surface area contributed by atoms with Gasteiger partial charge in [0.05, 0.1) is 12.8 Å². The van der Waals surface area contributed by atoms with Crippen LogP contribution in [0.4, 0.5) is 4.39 Å². The fraction of sp³-hybridized carbons (Fsp3) is 0.615. The average molecular weight is 413 g/mol. The first-order chi connectivity index (χ1) is 14.7. The maximum absolute atomic E-state index is 14.6. The first-order valence-electron chi connectivity index (χ1n) is 11.9. The van der Waals surface area contributed by atoms with Crippen LogP contribution in [-0.2, 0) is 6.42 Å². The Bertz CT molecular complexity index is 754. The van der Waals surface area contributed by atoms with E-state index in [1.54, 1.807) is 25.3 Å². The molecule has 0 atom stereocenters. The average Bonchev–Trinajstić information content (AvgIpc) is 2.78. The van der Waals surface area contributed by atoms with Gasteiger partial charge in [0.2, 0.25) is 5.88 Å². The predicted molar refractivity (Wildman–Crippen MR) is 121 cm³/mol. The zero-order chi connectivity index (χ0) is 21.2. The summed E-state index contributed by atoms with van der Waals surface area (Å²) in [6.45, 7) is 2.28. The normalized spacial score (nSPS) is 19.0. The van der Waals surface area contributed by atoms with Gasteiger partial charge in [-0.1, -0.05) is 77.2 Å². The Morgan fingerprint density at radius 1 is 0.900 bits per heavy atom. The van der Waals surface area contributed by atoms with Crippen molar-refractivity contribution >= 4 is 0 Å². The van der Waals surface area contributed by atoms with Gasteiger partial charge in [-0.2, -0.15) is 0 Å². The van der Waals surface area contributed by atoms with E-state index in [1.807, 2.05) is 12.1 Å². The van der Waals surface area contributed by atoms with Crippen LogP contribution < -0.4 is 4.74 Å². The van der Waals surface area contributed by atoms with Crippen molar-refractivity contribution in [2.24, 2.45) is 11.8 Å². The molecule has 3 nitrogen and oxygen atoms in total. The number of ether oxygens (including phenoxy) is 1. The van der Waals surface area contributed by atoms with E-state index >= 15 is 0 Å². The number of benzene rings is 1. The molecule has 0 amide bonds. The molecule has 1 aliphatic carbocycles. The van der Waals surface area contributed by atoms with Crippen LogP contribution in [0.25, 0.3) is 11.3 Å². The summed E-state index contributed by atoms with van der Waals surface area (Å²) >= 11 is 0. The first-order valence-corrected chi connectivity index (χ1v) is 11.9. The second-order valence-electron chi connectivity index (χ2n) is 8.90.